The molecule has 1 aromatic heterocycles. The molecule has 1 heterocycles. The molecule has 1 fully saturated rings. The van der Waals surface area contributed by atoms with Gasteiger partial charge in [-0.2, -0.15) is 0 Å². The average Bonchev–Trinajstić information content (AvgIpc) is 2.75. The van der Waals surface area contributed by atoms with E-state index in [0.717, 1.165) is 32.2 Å². The molecule has 0 N–H and O–H groups in total. The predicted molar refractivity (Wildman–Crippen MR) is 68.0 cm³/mol. The maximum absolute atomic E-state index is 11.4. The molecule has 0 radical (unpaired) electrons. The number of likely N-dealkylation sites (N-methyl/N-ethyl adjacent to an activating group) is 1. The Morgan fingerprint density at radius 3 is 2.56 bits per heavy atom. The zero-order valence-corrected chi connectivity index (χ0v) is 10.8. The molecule has 2 nitrogen and oxygen atoms in total. The van der Waals surface area contributed by atoms with Crippen molar-refractivity contribution in [2.75, 3.05) is 20.6 Å². The van der Waals surface area contributed by atoms with Gasteiger partial charge < -0.3 is 4.90 Å². The Kier molecular flexibility index (Phi) is 3.45. The third-order valence-electron chi connectivity index (χ3n) is 3.43. The second-order valence-corrected chi connectivity index (χ2v) is 5.98. The van der Waals surface area contributed by atoms with Crippen molar-refractivity contribution in [3.05, 3.63) is 22.4 Å². The zero-order valence-electron chi connectivity index (χ0n) is 10.0. The quantitative estimate of drug-likeness (QED) is 0.805. The second kappa shape index (κ2) is 4.68. The Morgan fingerprint density at radius 2 is 2.06 bits per heavy atom. The molecule has 16 heavy (non-hydrogen) atoms. The Labute approximate surface area is 101 Å². The lowest BCUT2D eigenvalue weighted by Gasteiger charge is -2.38. The van der Waals surface area contributed by atoms with Gasteiger partial charge in [0.25, 0.3) is 0 Å². The molecular weight excluding hydrogens is 218 g/mol. The molecule has 1 aliphatic carbocycles. The van der Waals surface area contributed by atoms with Gasteiger partial charge in [-0.3, -0.25) is 4.79 Å². The molecule has 0 atom stereocenters. The van der Waals surface area contributed by atoms with E-state index in [4.69, 9.17) is 0 Å². The van der Waals surface area contributed by atoms with Crippen LogP contribution >= 0.6 is 11.3 Å². The minimum Gasteiger partial charge on any atom is -0.308 e. The molecule has 1 aliphatic rings. The first kappa shape index (κ1) is 11.8. The van der Waals surface area contributed by atoms with E-state index in [2.05, 4.69) is 36.5 Å². The number of nitrogens with zero attached hydrogens (tertiary/aromatic N) is 1. The van der Waals surface area contributed by atoms with Crippen molar-refractivity contribution < 1.29 is 4.79 Å². The van der Waals surface area contributed by atoms with E-state index in [9.17, 15) is 4.79 Å². The van der Waals surface area contributed by atoms with Crippen LogP contribution in [-0.4, -0.2) is 31.3 Å². The van der Waals surface area contributed by atoms with Crippen molar-refractivity contribution in [2.45, 2.75) is 31.1 Å². The molecule has 0 aliphatic heterocycles. The topological polar surface area (TPSA) is 20.3 Å². The van der Waals surface area contributed by atoms with E-state index in [-0.39, 0.29) is 5.41 Å². The highest BCUT2D eigenvalue weighted by atomic mass is 32.1. The van der Waals surface area contributed by atoms with Crippen molar-refractivity contribution in [1.82, 2.24) is 4.90 Å². The summed E-state index contributed by atoms with van der Waals surface area (Å²) in [6.07, 6.45) is 3.55. The first-order chi connectivity index (χ1) is 7.62. The summed E-state index contributed by atoms with van der Waals surface area (Å²) >= 11 is 1.83. The molecule has 0 amide bonds. The molecule has 0 bridgehead atoms. The number of hydrogen-bond donors (Lipinski definition) is 0. The summed E-state index contributed by atoms with van der Waals surface area (Å²) in [6.45, 7) is 1.06. The zero-order chi connectivity index (χ0) is 11.6. The van der Waals surface area contributed by atoms with E-state index in [0.29, 0.717) is 5.78 Å². The normalized spacial score (nSPS) is 20.3. The van der Waals surface area contributed by atoms with E-state index >= 15 is 0 Å². The number of thiophene rings is 1. The van der Waals surface area contributed by atoms with Gasteiger partial charge in [0.1, 0.15) is 5.78 Å². The molecule has 3 heteroatoms. The van der Waals surface area contributed by atoms with E-state index in [1.807, 2.05) is 11.3 Å². The lowest BCUT2D eigenvalue weighted by atomic mass is 9.72. The highest BCUT2D eigenvalue weighted by Crippen LogP contribution is 2.40. The van der Waals surface area contributed by atoms with Crippen LogP contribution in [0.3, 0.4) is 0 Å². The van der Waals surface area contributed by atoms with E-state index in [1.54, 1.807) is 0 Å². The molecule has 0 spiro atoms. The first-order valence-corrected chi connectivity index (χ1v) is 6.71. The summed E-state index contributed by atoms with van der Waals surface area (Å²) in [5.74, 6) is 0.436. The Morgan fingerprint density at radius 1 is 1.38 bits per heavy atom. The Hall–Kier alpha value is -0.670. The van der Waals surface area contributed by atoms with Crippen molar-refractivity contribution in [2.24, 2.45) is 0 Å². The third-order valence-corrected chi connectivity index (χ3v) is 4.54. The van der Waals surface area contributed by atoms with Crippen molar-refractivity contribution in [1.29, 1.82) is 0 Å². The third kappa shape index (κ3) is 2.36. The van der Waals surface area contributed by atoms with Gasteiger partial charge in [-0.25, -0.2) is 0 Å². The smallest absolute Gasteiger partial charge is 0.132 e. The van der Waals surface area contributed by atoms with Crippen LogP contribution in [0.2, 0.25) is 0 Å². The Balaban J connectivity index is 2.23. The van der Waals surface area contributed by atoms with Gasteiger partial charge in [0.15, 0.2) is 0 Å². The Bertz CT molecular complexity index is 346. The summed E-state index contributed by atoms with van der Waals surface area (Å²) in [4.78, 5) is 15.1. The summed E-state index contributed by atoms with van der Waals surface area (Å²) in [7, 11) is 4.23. The van der Waals surface area contributed by atoms with Gasteiger partial charge in [0, 0.05) is 29.7 Å². The molecular formula is C13H19NOS. The monoisotopic (exact) mass is 237 g/mol. The summed E-state index contributed by atoms with van der Waals surface area (Å²) in [6, 6.07) is 4.35. The van der Waals surface area contributed by atoms with Crippen LogP contribution in [0, 0.1) is 0 Å². The lowest BCUT2D eigenvalue weighted by molar-refractivity contribution is -0.121. The number of rotatable bonds is 3. The van der Waals surface area contributed by atoms with E-state index < -0.39 is 0 Å². The number of carbonyl (C=O) groups excluding carboxylic acids is 1. The average molecular weight is 237 g/mol. The minimum atomic E-state index is 0.228. The standard InChI is InChI=1S/C13H19NOS/c1-14(2)10-13(12-4-3-9-16-12)7-5-11(15)6-8-13/h3-4,9H,5-8,10H2,1-2H3. The highest BCUT2D eigenvalue weighted by molar-refractivity contribution is 7.10. The van der Waals surface area contributed by atoms with Crippen LogP contribution in [0.1, 0.15) is 30.6 Å². The summed E-state index contributed by atoms with van der Waals surface area (Å²) in [5, 5.41) is 2.14. The van der Waals surface area contributed by atoms with Gasteiger partial charge in [-0.05, 0) is 38.4 Å². The van der Waals surface area contributed by atoms with Gasteiger partial charge in [0.2, 0.25) is 0 Å². The summed E-state index contributed by atoms with van der Waals surface area (Å²) in [5.41, 5.74) is 0.228. The molecule has 0 aromatic carbocycles. The highest BCUT2D eigenvalue weighted by Gasteiger charge is 2.37. The lowest BCUT2D eigenvalue weighted by Crippen LogP contribution is -2.40. The fourth-order valence-electron chi connectivity index (χ4n) is 2.68. The van der Waals surface area contributed by atoms with Gasteiger partial charge in [-0.1, -0.05) is 6.07 Å². The number of Topliss-reactive ketones (excluding diaryl/α,β-unsaturated/α-hetero) is 1. The molecule has 0 saturated heterocycles. The van der Waals surface area contributed by atoms with E-state index in [1.165, 1.54) is 4.88 Å². The predicted octanol–water partition coefficient (Wildman–Crippen LogP) is 2.69. The van der Waals surface area contributed by atoms with Gasteiger partial charge in [0.05, 0.1) is 0 Å². The maximum Gasteiger partial charge on any atom is 0.132 e. The second-order valence-electron chi connectivity index (χ2n) is 5.03. The van der Waals surface area contributed by atoms with Crippen LogP contribution in [0.5, 0.6) is 0 Å². The summed E-state index contributed by atoms with van der Waals surface area (Å²) < 4.78 is 0. The molecule has 1 saturated carbocycles. The fourth-order valence-corrected chi connectivity index (χ4v) is 3.66. The van der Waals surface area contributed by atoms with Gasteiger partial charge in [-0.15, -0.1) is 11.3 Å². The molecule has 1 aromatic rings. The fraction of sp³-hybridized carbons (Fsp3) is 0.615. The maximum atomic E-state index is 11.4. The van der Waals surface area contributed by atoms with Crippen LogP contribution < -0.4 is 0 Å². The molecule has 88 valence electrons. The molecule has 2 rings (SSSR count). The SMILES string of the molecule is CN(C)CC1(c2cccs2)CCC(=O)CC1. The number of ketones is 1. The van der Waals surface area contributed by atoms with Crippen LogP contribution in [0.25, 0.3) is 0 Å². The van der Waals surface area contributed by atoms with Crippen LogP contribution in [0.15, 0.2) is 17.5 Å². The largest absolute Gasteiger partial charge is 0.308 e. The van der Waals surface area contributed by atoms with Crippen molar-refractivity contribution in [3.8, 4) is 0 Å². The van der Waals surface area contributed by atoms with Gasteiger partial charge >= 0.3 is 0 Å². The number of hydrogen-bond acceptors (Lipinski definition) is 3. The minimum absolute atomic E-state index is 0.228. The van der Waals surface area contributed by atoms with Crippen LogP contribution in [0.4, 0.5) is 0 Å². The van der Waals surface area contributed by atoms with Crippen LogP contribution in [-0.2, 0) is 10.2 Å². The molecule has 0 unspecified atom stereocenters. The first-order valence-electron chi connectivity index (χ1n) is 5.83. The number of carbonyl (C=O) groups is 1. The van der Waals surface area contributed by atoms with Crippen molar-refractivity contribution >= 4 is 17.1 Å². The van der Waals surface area contributed by atoms with Crippen molar-refractivity contribution in [3.63, 3.8) is 0 Å².